The number of nitrogens with two attached hydrogens (primary N) is 1. The molecular formula is C15H24N4OS. The number of nitrogens with one attached hydrogen (secondary N) is 1. The van der Waals surface area contributed by atoms with Crippen LogP contribution in [0.1, 0.15) is 49.2 Å². The molecule has 3 N–H and O–H groups in total. The van der Waals surface area contributed by atoms with E-state index in [4.69, 9.17) is 5.84 Å². The van der Waals surface area contributed by atoms with Crippen LogP contribution in [0, 0.1) is 0 Å². The van der Waals surface area contributed by atoms with Crippen molar-refractivity contribution < 1.29 is 4.79 Å². The van der Waals surface area contributed by atoms with Gasteiger partial charge in [-0.25, -0.2) is 10.8 Å². The van der Waals surface area contributed by atoms with Gasteiger partial charge in [0, 0.05) is 35.3 Å². The average molecular weight is 308 g/mol. The van der Waals surface area contributed by atoms with Gasteiger partial charge in [0.1, 0.15) is 5.82 Å². The molecule has 1 aliphatic heterocycles. The smallest absolute Gasteiger partial charge is 0.254 e. The lowest BCUT2D eigenvalue weighted by Crippen LogP contribution is -2.41. The Morgan fingerprint density at radius 2 is 2.33 bits per heavy atom. The second kappa shape index (κ2) is 7.13. The number of hydrogen-bond donors (Lipinski definition) is 2. The summed E-state index contributed by atoms with van der Waals surface area (Å²) in [6, 6.07) is 3.62. The molecule has 0 radical (unpaired) electrons. The second-order valence-corrected chi connectivity index (χ2v) is 7.03. The Hall–Kier alpha value is -1.27. The molecule has 0 aliphatic carbocycles. The quantitative estimate of drug-likeness (QED) is 0.660. The molecule has 21 heavy (non-hydrogen) atoms. The van der Waals surface area contributed by atoms with Gasteiger partial charge < -0.3 is 10.3 Å². The first kappa shape index (κ1) is 16.1. The SMILES string of the molecule is CCC1CN(C(=O)c2cc(NN)nc(C(C)C)c2)CCS1. The fourth-order valence-corrected chi connectivity index (χ4v) is 3.56. The lowest BCUT2D eigenvalue weighted by atomic mass is 10.1. The Morgan fingerprint density at radius 3 is 2.95 bits per heavy atom. The molecule has 6 heteroatoms. The van der Waals surface area contributed by atoms with E-state index < -0.39 is 0 Å². The predicted molar refractivity (Wildman–Crippen MR) is 88.6 cm³/mol. The fourth-order valence-electron chi connectivity index (χ4n) is 2.38. The largest absolute Gasteiger partial charge is 0.337 e. The van der Waals surface area contributed by atoms with E-state index in [9.17, 15) is 4.79 Å². The van der Waals surface area contributed by atoms with Crippen LogP contribution in [0.5, 0.6) is 0 Å². The van der Waals surface area contributed by atoms with Gasteiger partial charge >= 0.3 is 0 Å². The van der Waals surface area contributed by atoms with Crippen molar-refractivity contribution in [3.8, 4) is 0 Å². The zero-order valence-electron chi connectivity index (χ0n) is 12.9. The number of rotatable bonds is 4. The van der Waals surface area contributed by atoms with Crippen LogP contribution in [-0.2, 0) is 0 Å². The molecule has 1 aromatic heterocycles. The topological polar surface area (TPSA) is 71.2 Å². The van der Waals surface area contributed by atoms with Crippen LogP contribution in [0.4, 0.5) is 5.82 Å². The normalized spacial score (nSPS) is 18.9. The van der Waals surface area contributed by atoms with E-state index in [1.807, 2.05) is 22.7 Å². The van der Waals surface area contributed by atoms with Crippen LogP contribution < -0.4 is 11.3 Å². The lowest BCUT2D eigenvalue weighted by molar-refractivity contribution is 0.0760. The highest BCUT2D eigenvalue weighted by Crippen LogP contribution is 2.24. The highest BCUT2D eigenvalue weighted by molar-refractivity contribution is 8.00. The monoisotopic (exact) mass is 308 g/mol. The van der Waals surface area contributed by atoms with Gasteiger partial charge in [0.15, 0.2) is 0 Å². The summed E-state index contributed by atoms with van der Waals surface area (Å²) in [7, 11) is 0. The minimum absolute atomic E-state index is 0.0783. The van der Waals surface area contributed by atoms with Crippen molar-refractivity contribution in [1.29, 1.82) is 0 Å². The van der Waals surface area contributed by atoms with E-state index in [-0.39, 0.29) is 11.8 Å². The number of thioether (sulfide) groups is 1. The third kappa shape index (κ3) is 3.89. The Kier molecular flexibility index (Phi) is 5.47. The molecule has 1 aliphatic rings. The third-order valence-corrected chi connectivity index (χ3v) is 5.08. The molecule has 1 unspecified atom stereocenters. The summed E-state index contributed by atoms with van der Waals surface area (Å²) in [5.74, 6) is 7.35. The Labute approximate surface area is 130 Å². The van der Waals surface area contributed by atoms with Crippen LogP contribution in [0.25, 0.3) is 0 Å². The molecular weight excluding hydrogens is 284 g/mol. The number of hydrogen-bond acceptors (Lipinski definition) is 5. The van der Waals surface area contributed by atoms with Crippen LogP contribution >= 0.6 is 11.8 Å². The summed E-state index contributed by atoms with van der Waals surface area (Å²) < 4.78 is 0. The fraction of sp³-hybridized carbons (Fsp3) is 0.600. The van der Waals surface area contributed by atoms with Gasteiger partial charge in [0.2, 0.25) is 0 Å². The predicted octanol–water partition coefficient (Wildman–Crippen LogP) is 2.46. The molecule has 2 rings (SSSR count). The molecule has 1 amide bonds. The molecule has 0 saturated carbocycles. The van der Waals surface area contributed by atoms with E-state index >= 15 is 0 Å². The highest BCUT2D eigenvalue weighted by atomic mass is 32.2. The lowest BCUT2D eigenvalue weighted by Gasteiger charge is -2.32. The molecule has 0 aromatic carbocycles. The summed E-state index contributed by atoms with van der Waals surface area (Å²) in [5, 5.41) is 0.543. The highest BCUT2D eigenvalue weighted by Gasteiger charge is 2.24. The van der Waals surface area contributed by atoms with Crippen LogP contribution in [0.15, 0.2) is 12.1 Å². The number of pyridine rings is 1. The number of carbonyl (C=O) groups excluding carboxylic acids is 1. The van der Waals surface area contributed by atoms with Crippen molar-refractivity contribution in [2.45, 2.75) is 38.4 Å². The Bertz CT molecular complexity index is 506. The molecule has 5 nitrogen and oxygen atoms in total. The van der Waals surface area contributed by atoms with Gasteiger partial charge in [-0.2, -0.15) is 11.8 Å². The maximum absolute atomic E-state index is 12.7. The first-order valence-corrected chi connectivity index (χ1v) is 8.49. The molecule has 116 valence electrons. The molecule has 1 saturated heterocycles. The van der Waals surface area contributed by atoms with E-state index in [1.54, 1.807) is 6.07 Å². The van der Waals surface area contributed by atoms with Crippen LogP contribution in [0.3, 0.4) is 0 Å². The molecule has 0 spiro atoms. The van der Waals surface area contributed by atoms with Crippen molar-refractivity contribution >= 4 is 23.5 Å². The van der Waals surface area contributed by atoms with E-state index in [0.29, 0.717) is 16.6 Å². The summed E-state index contributed by atoms with van der Waals surface area (Å²) >= 11 is 1.96. The number of hydrazine groups is 1. The van der Waals surface area contributed by atoms with E-state index in [0.717, 1.165) is 31.0 Å². The second-order valence-electron chi connectivity index (χ2n) is 5.62. The van der Waals surface area contributed by atoms with Crippen molar-refractivity contribution in [1.82, 2.24) is 9.88 Å². The Balaban J connectivity index is 2.23. The number of amides is 1. The van der Waals surface area contributed by atoms with Crippen LogP contribution in [-0.4, -0.2) is 39.9 Å². The van der Waals surface area contributed by atoms with Gasteiger partial charge in [0.25, 0.3) is 5.91 Å². The number of carbonyl (C=O) groups is 1. The van der Waals surface area contributed by atoms with Crippen molar-refractivity contribution in [3.05, 3.63) is 23.4 Å². The third-order valence-electron chi connectivity index (χ3n) is 3.71. The van der Waals surface area contributed by atoms with Gasteiger partial charge in [-0.3, -0.25) is 4.79 Å². The standard InChI is InChI=1S/C15H24N4OS/c1-4-12-9-19(5-6-21-12)15(20)11-7-13(10(2)3)17-14(8-11)18-16/h7-8,10,12H,4-6,9,16H2,1-3H3,(H,17,18). The molecule has 1 fully saturated rings. The molecule has 2 heterocycles. The summed E-state index contributed by atoms with van der Waals surface area (Å²) in [6.07, 6.45) is 1.09. The number of nitrogen functional groups attached to an aromatic ring is 1. The van der Waals surface area contributed by atoms with Crippen molar-refractivity contribution in [2.75, 3.05) is 24.3 Å². The van der Waals surface area contributed by atoms with E-state index in [2.05, 4.69) is 31.2 Å². The number of aromatic nitrogens is 1. The zero-order valence-corrected chi connectivity index (χ0v) is 13.7. The minimum Gasteiger partial charge on any atom is -0.337 e. The van der Waals surface area contributed by atoms with E-state index in [1.165, 1.54) is 0 Å². The number of anilines is 1. The van der Waals surface area contributed by atoms with Gasteiger partial charge in [0.05, 0.1) is 0 Å². The van der Waals surface area contributed by atoms with Gasteiger partial charge in [-0.1, -0.05) is 20.8 Å². The average Bonchev–Trinajstić information content (AvgIpc) is 2.53. The maximum atomic E-state index is 12.7. The minimum atomic E-state index is 0.0783. The van der Waals surface area contributed by atoms with Crippen LogP contribution in [0.2, 0.25) is 0 Å². The van der Waals surface area contributed by atoms with Gasteiger partial charge in [-0.15, -0.1) is 0 Å². The summed E-state index contributed by atoms with van der Waals surface area (Å²) in [4.78, 5) is 19.1. The molecule has 0 bridgehead atoms. The van der Waals surface area contributed by atoms with Crippen molar-refractivity contribution in [2.24, 2.45) is 5.84 Å². The van der Waals surface area contributed by atoms with Crippen molar-refractivity contribution in [3.63, 3.8) is 0 Å². The Morgan fingerprint density at radius 1 is 1.57 bits per heavy atom. The molecule has 1 aromatic rings. The summed E-state index contributed by atoms with van der Waals surface area (Å²) in [5.41, 5.74) is 4.11. The maximum Gasteiger partial charge on any atom is 0.254 e. The first-order valence-electron chi connectivity index (χ1n) is 7.44. The zero-order chi connectivity index (χ0) is 15.4. The summed E-state index contributed by atoms with van der Waals surface area (Å²) in [6.45, 7) is 7.92. The molecule has 1 atom stereocenters. The van der Waals surface area contributed by atoms with Gasteiger partial charge in [-0.05, 0) is 24.5 Å². The number of nitrogens with zero attached hydrogens (tertiary/aromatic N) is 2. The first-order chi connectivity index (χ1) is 10.0.